The lowest BCUT2D eigenvalue weighted by Crippen LogP contribution is -2.33. The van der Waals surface area contributed by atoms with Crippen LogP contribution in [0.2, 0.25) is 0 Å². The molecule has 0 saturated carbocycles. The van der Waals surface area contributed by atoms with Gasteiger partial charge in [-0.2, -0.15) is 0 Å². The molecule has 1 atom stereocenters. The lowest BCUT2D eigenvalue weighted by Gasteiger charge is -2.19. The molecule has 0 unspecified atom stereocenters. The van der Waals surface area contributed by atoms with E-state index < -0.39 is 5.97 Å². The van der Waals surface area contributed by atoms with Crippen molar-refractivity contribution in [3.63, 3.8) is 0 Å². The van der Waals surface area contributed by atoms with Crippen LogP contribution in [0.15, 0.2) is 18.3 Å². The molecule has 0 bridgehead atoms. The molecule has 0 aliphatic carbocycles. The number of nitrogens with zero attached hydrogens (tertiary/aromatic N) is 2. The molecule has 7 heteroatoms. The van der Waals surface area contributed by atoms with E-state index in [4.69, 9.17) is 5.11 Å². The quantitative estimate of drug-likeness (QED) is 0.888. The number of hydrogen-bond acceptors (Lipinski definition) is 4. The van der Waals surface area contributed by atoms with Crippen LogP contribution in [0.4, 0.5) is 5.82 Å². The molecule has 5 nitrogen and oxygen atoms in total. The minimum absolute atomic E-state index is 0. The number of aromatic nitrogens is 1. The Morgan fingerprint density at radius 2 is 2.32 bits per heavy atom. The largest absolute Gasteiger partial charge is 0.478 e. The van der Waals surface area contributed by atoms with Crippen molar-refractivity contribution in [1.29, 1.82) is 0 Å². The second-order valence-electron chi connectivity index (χ2n) is 4.17. The molecule has 0 radical (unpaired) electrons. The molecule has 1 saturated heterocycles. The number of carboxylic acid groups (broad SMARTS) is 1. The number of nitrogens with one attached hydrogen (secondary N) is 1. The predicted molar refractivity (Wildman–Crippen MR) is 80.0 cm³/mol. The number of pyridine rings is 1. The van der Waals surface area contributed by atoms with Gasteiger partial charge in [-0.05, 0) is 25.1 Å². The van der Waals surface area contributed by atoms with E-state index in [1.54, 1.807) is 18.3 Å². The highest BCUT2D eigenvalue weighted by Gasteiger charge is 2.25. The maximum Gasteiger partial charge on any atom is 0.339 e. The fourth-order valence-electron chi connectivity index (χ4n) is 2.22. The number of rotatable bonds is 4. The summed E-state index contributed by atoms with van der Waals surface area (Å²) in [6.07, 6.45) is 2.67. The molecule has 1 aliphatic rings. The van der Waals surface area contributed by atoms with Crippen LogP contribution in [0, 0.1) is 0 Å². The molecule has 1 aliphatic heterocycles. The number of halogens is 2. The summed E-state index contributed by atoms with van der Waals surface area (Å²) >= 11 is 0. The Kier molecular flexibility index (Phi) is 7.75. The van der Waals surface area contributed by atoms with Crippen LogP contribution in [-0.2, 0) is 0 Å². The molecule has 0 aromatic carbocycles. The number of likely N-dealkylation sites (N-methyl/N-ethyl adjacent to an activating group) is 1. The second kappa shape index (κ2) is 8.19. The van der Waals surface area contributed by atoms with E-state index in [1.165, 1.54) is 0 Å². The Hall–Kier alpha value is -1.04. The van der Waals surface area contributed by atoms with Crippen molar-refractivity contribution in [2.75, 3.05) is 24.5 Å². The molecule has 108 valence electrons. The minimum Gasteiger partial charge on any atom is -0.478 e. The molecule has 1 fully saturated rings. The van der Waals surface area contributed by atoms with Crippen LogP contribution in [0.3, 0.4) is 0 Å². The van der Waals surface area contributed by atoms with Gasteiger partial charge in [0, 0.05) is 25.3 Å². The summed E-state index contributed by atoms with van der Waals surface area (Å²) in [4.78, 5) is 17.3. The molecule has 1 aromatic rings. The Bertz CT molecular complexity index is 418. The zero-order valence-electron chi connectivity index (χ0n) is 10.7. The van der Waals surface area contributed by atoms with Crippen molar-refractivity contribution in [2.24, 2.45) is 0 Å². The van der Waals surface area contributed by atoms with Gasteiger partial charge in [-0.1, -0.05) is 6.92 Å². The van der Waals surface area contributed by atoms with Crippen molar-refractivity contribution in [2.45, 2.75) is 19.4 Å². The maximum atomic E-state index is 11.1. The van der Waals surface area contributed by atoms with Gasteiger partial charge < -0.3 is 15.3 Å². The van der Waals surface area contributed by atoms with E-state index in [9.17, 15) is 4.79 Å². The third-order valence-electron chi connectivity index (χ3n) is 3.00. The van der Waals surface area contributed by atoms with Gasteiger partial charge in [0.05, 0.1) is 0 Å². The highest BCUT2D eigenvalue weighted by Crippen LogP contribution is 2.22. The lowest BCUT2D eigenvalue weighted by atomic mass is 10.2. The smallest absolute Gasteiger partial charge is 0.339 e. The van der Waals surface area contributed by atoms with E-state index in [0.717, 1.165) is 26.1 Å². The van der Waals surface area contributed by atoms with Crippen molar-refractivity contribution in [1.82, 2.24) is 10.3 Å². The van der Waals surface area contributed by atoms with Crippen LogP contribution >= 0.6 is 24.8 Å². The standard InChI is InChI=1S/C12H17N3O2.2ClH/c1-2-13-9-5-7-15(8-9)11-10(12(16)17)4-3-6-14-11;;/h3-4,6,9,13H,2,5,7-8H2,1H3,(H,16,17);2*1H/t9-;;/m1../s1. The van der Waals surface area contributed by atoms with E-state index in [2.05, 4.69) is 17.2 Å². The normalized spacial score (nSPS) is 17.5. The zero-order chi connectivity index (χ0) is 12.3. The average molecular weight is 308 g/mol. The summed E-state index contributed by atoms with van der Waals surface area (Å²) in [6, 6.07) is 3.69. The summed E-state index contributed by atoms with van der Waals surface area (Å²) in [7, 11) is 0. The Balaban J connectivity index is 0.00000162. The molecular formula is C12H19Cl2N3O2. The summed E-state index contributed by atoms with van der Waals surface area (Å²) in [6.45, 7) is 4.69. The Morgan fingerprint density at radius 1 is 1.58 bits per heavy atom. The van der Waals surface area contributed by atoms with Crippen LogP contribution in [0.1, 0.15) is 23.7 Å². The molecule has 19 heavy (non-hydrogen) atoms. The van der Waals surface area contributed by atoms with Crippen molar-refractivity contribution >= 4 is 36.6 Å². The van der Waals surface area contributed by atoms with Gasteiger partial charge in [-0.3, -0.25) is 0 Å². The molecule has 2 rings (SSSR count). The van der Waals surface area contributed by atoms with Gasteiger partial charge in [0.2, 0.25) is 0 Å². The summed E-state index contributed by atoms with van der Waals surface area (Å²) in [5, 5.41) is 12.5. The summed E-state index contributed by atoms with van der Waals surface area (Å²) < 4.78 is 0. The van der Waals surface area contributed by atoms with Crippen molar-refractivity contribution < 1.29 is 9.90 Å². The first-order valence-corrected chi connectivity index (χ1v) is 5.89. The Morgan fingerprint density at radius 3 is 2.95 bits per heavy atom. The number of carbonyl (C=O) groups is 1. The number of aromatic carboxylic acids is 1. The van der Waals surface area contributed by atoms with Gasteiger partial charge in [0.15, 0.2) is 0 Å². The molecular weight excluding hydrogens is 289 g/mol. The SMILES string of the molecule is CCN[C@@H]1CCN(c2ncccc2C(=O)O)C1.Cl.Cl. The molecule has 2 N–H and O–H groups in total. The lowest BCUT2D eigenvalue weighted by molar-refractivity contribution is 0.0697. The summed E-state index contributed by atoms with van der Waals surface area (Å²) in [5.74, 6) is -0.333. The average Bonchev–Trinajstić information content (AvgIpc) is 2.78. The third-order valence-corrected chi connectivity index (χ3v) is 3.00. The van der Waals surface area contributed by atoms with Crippen LogP contribution in [-0.4, -0.2) is 41.7 Å². The van der Waals surface area contributed by atoms with Crippen molar-refractivity contribution in [3.8, 4) is 0 Å². The van der Waals surface area contributed by atoms with E-state index in [0.29, 0.717) is 11.9 Å². The van der Waals surface area contributed by atoms with E-state index >= 15 is 0 Å². The highest BCUT2D eigenvalue weighted by molar-refractivity contribution is 5.93. The fourth-order valence-corrected chi connectivity index (χ4v) is 2.22. The first-order chi connectivity index (χ1) is 8.22. The second-order valence-corrected chi connectivity index (χ2v) is 4.17. The van der Waals surface area contributed by atoms with E-state index in [-0.39, 0.29) is 30.4 Å². The van der Waals surface area contributed by atoms with Gasteiger partial charge >= 0.3 is 5.97 Å². The molecule has 2 heterocycles. The van der Waals surface area contributed by atoms with Gasteiger partial charge in [0.1, 0.15) is 11.4 Å². The monoisotopic (exact) mass is 307 g/mol. The third kappa shape index (κ3) is 4.23. The topological polar surface area (TPSA) is 65.5 Å². The van der Waals surface area contributed by atoms with E-state index in [1.807, 2.05) is 4.90 Å². The van der Waals surface area contributed by atoms with Crippen LogP contribution < -0.4 is 10.2 Å². The Labute approximate surface area is 125 Å². The van der Waals surface area contributed by atoms with Gasteiger partial charge in [0.25, 0.3) is 0 Å². The first-order valence-electron chi connectivity index (χ1n) is 5.89. The zero-order valence-corrected chi connectivity index (χ0v) is 12.3. The highest BCUT2D eigenvalue weighted by atomic mass is 35.5. The molecule has 0 amide bonds. The molecule has 1 aromatic heterocycles. The van der Waals surface area contributed by atoms with Gasteiger partial charge in [-0.25, -0.2) is 9.78 Å². The number of anilines is 1. The first kappa shape index (κ1) is 18.0. The minimum atomic E-state index is -0.917. The maximum absolute atomic E-state index is 11.1. The van der Waals surface area contributed by atoms with Gasteiger partial charge in [-0.15, -0.1) is 24.8 Å². The summed E-state index contributed by atoms with van der Waals surface area (Å²) in [5.41, 5.74) is 0.282. The van der Waals surface area contributed by atoms with Crippen molar-refractivity contribution in [3.05, 3.63) is 23.9 Å². The predicted octanol–water partition coefficient (Wildman–Crippen LogP) is 1.81. The number of hydrogen-bond donors (Lipinski definition) is 2. The fraction of sp³-hybridized carbons (Fsp3) is 0.500. The molecule has 0 spiro atoms. The van der Waals surface area contributed by atoms with Crippen LogP contribution in [0.5, 0.6) is 0 Å². The number of carboxylic acids is 1. The van der Waals surface area contributed by atoms with Crippen LogP contribution in [0.25, 0.3) is 0 Å².